The van der Waals surface area contributed by atoms with Gasteiger partial charge in [0.25, 0.3) is 0 Å². The standard InChI is InChI=1S/C12H23BrO/c1-2-3-4-5-6-10-14-12-9-7-8-11(12)13/h11-12H,2-10H2,1H3. The first kappa shape index (κ1) is 12.5. The van der Waals surface area contributed by atoms with Crippen LogP contribution in [-0.2, 0) is 4.74 Å². The maximum Gasteiger partial charge on any atom is 0.0700 e. The van der Waals surface area contributed by atoms with Gasteiger partial charge in [0.15, 0.2) is 0 Å². The largest absolute Gasteiger partial charge is 0.377 e. The molecule has 0 aromatic heterocycles. The van der Waals surface area contributed by atoms with Gasteiger partial charge in [-0.05, 0) is 25.7 Å². The first-order chi connectivity index (χ1) is 6.84. The van der Waals surface area contributed by atoms with Gasteiger partial charge >= 0.3 is 0 Å². The first-order valence-corrected chi connectivity index (χ1v) is 7.02. The number of alkyl halides is 1. The first-order valence-electron chi connectivity index (χ1n) is 6.10. The smallest absolute Gasteiger partial charge is 0.0700 e. The lowest BCUT2D eigenvalue weighted by molar-refractivity contribution is 0.0599. The Hall–Kier alpha value is 0.440. The normalized spacial score (nSPS) is 27.0. The molecule has 0 aromatic rings. The molecule has 0 aliphatic heterocycles. The summed E-state index contributed by atoms with van der Waals surface area (Å²) in [6.45, 7) is 3.22. The van der Waals surface area contributed by atoms with Crippen LogP contribution in [0.1, 0.15) is 58.3 Å². The van der Waals surface area contributed by atoms with Crippen molar-refractivity contribution in [3.05, 3.63) is 0 Å². The molecule has 0 spiro atoms. The Balaban J connectivity index is 1.88. The number of hydrogen-bond donors (Lipinski definition) is 0. The van der Waals surface area contributed by atoms with Gasteiger partial charge in [0, 0.05) is 11.4 Å². The molecule has 2 atom stereocenters. The van der Waals surface area contributed by atoms with Gasteiger partial charge in [0.2, 0.25) is 0 Å². The van der Waals surface area contributed by atoms with Crippen LogP contribution in [0.15, 0.2) is 0 Å². The predicted molar refractivity (Wildman–Crippen MR) is 65.1 cm³/mol. The van der Waals surface area contributed by atoms with Crippen molar-refractivity contribution in [3.63, 3.8) is 0 Å². The van der Waals surface area contributed by atoms with Crippen molar-refractivity contribution in [2.24, 2.45) is 0 Å². The van der Waals surface area contributed by atoms with Crippen molar-refractivity contribution >= 4 is 15.9 Å². The highest BCUT2D eigenvalue weighted by atomic mass is 79.9. The molecule has 0 saturated heterocycles. The minimum atomic E-state index is 0.501. The summed E-state index contributed by atoms with van der Waals surface area (Å²) >= 11 is 3.67. The third kappa shape index (κ3) is 4.79. The minimum Gasteiger partial charge on any atom is -0.377 e. The molecule has 0 aromatic carbocycles. The molecular weight excluding hydrogens is 240 g/mol. The highest BCUT2D eigenvalue weighted by molar-refractivity contribution is 9.09. The SMILES string of the molecule is CCCCCCCOC1CCCC1Br. The molecule has 1 aliphatic rings. The van der Waals surface area contributed by atoms with E-state index >= 15 is 0 Å². The average molecular weight is 263 g/mol. The van der Waals surface area contributed by atoms with E-state index in [0.29, 0.717) is 10.9 Å². The lowest BCUT2D eigenvalue weighted by Crippen LogP contribution is -2.18. The van der Waals surface area contributed by atoms with Gasteiger partial charge < -0.3 is 4.74 Å². The van der Waals surface area contributed by atoms with E-state index in [9.17, 15) is 0 Å². The highest BCUT2D eigenvalue weighted by Gasteiger charge is 2.24. The van der Waals surface area contributed by atoms with E-state index in [4.69, 9.17) is 4.74 Å². The van der Waals surface area contributed by atoms with Crippen LogP contribution in [0.3, 0.4) is 0 Å². The van der Waals surface area contributed by atoms with Gasteiger partial charge in [-0.15, -0.1) is 0 Å². The van der Waals surface area contributed by atoms with Crippen LogP contribution in [0.5, 0.6) is 0 Å². The third-order valence-electron chi connectivity index (χ3n) is 2.95. The van der Waals surface area contributed by atoms with E-state index in [1.165, 1.54) is 51.4 Å². The van der Waals surface area contributed by atoms with Gasteiger partial charge in [-0.1, -0.05) is 48.5 Å². The molecule has 2 unspecified atom stereocenters. The molecule has 0 radical (unpaired) electrons. The molecule has 1 fully saturated rings. The maximum atomic E-state index is 5.85. The van der Waals surface area contributed by atoms with E-state index in [2.05, 4.69) is 22.9 Å². The summed E-state index contributed by atoms with van der Waals surface area (Å²) in [7, 11) is 0. The van der Waals surface area contributed by atoms with Crippen LogP contribution in [0.25, 0.3) is 0 Å². The summed E-state index contributed by atoms with van der Waals surface area (Å²) in [5.74, 6) is 0. The predicted octanol–water partition coefficient (Wildman–Crippen LogP) is 4.29. The Labute approximate surface area is 96.7 Å². The average Bonchev–Trinajstić information content (AvgIpc) is 2.58. The highest BCUT2D eigenvalue weighted by Crippen LogP contribution is 2.28. The Morgan fingerprint density at radius 2 is 1.93 bits per heavy atom. The van der Waals surface area contributed by atoms with E-state index in [1.54, 1.807) is 0 Å². The van der Waals surface area contributed by atoms with Gasteiger partial charge in [0.1, 0.15) is 0 Å². The summed E-state index contributed by atoms with van der Waals surface area (Å²) in [6.07, 6.45) is 11.0. The van der Waals surface area contributed by atoms with Crippen LogP contribution in [-0.4, -0.2) is 17.5 Å². The second-order valence-corrected chi connectivity index (χ2v) is 5.45. The Bertz CT molecular complexity index is 138. The van der Waals surface area contributed by atoms with Crippen molar-refractivity contribution in [2.75, 3.05) is 6.61 Å². The Morgan fingerprint density at radius 1 is 1.14 bits per heavy atom. The Kier molecular flexibility index (Phi) is 6.88. The lowest BCUT2D eigenvalue weighted by Gasteiger charge is -2.14. The van der Waals surface area contributed by atoms with E-state index < -0.39 is 0 Å². The van der Waals surface area contributed by atoms with Crippen molar-refractivity contribution in [1.82, 2.24) is 0 Å². The zero-order valence-electron chi connectivity index (χ0n) is 9.30. The van der Waals surface area contributed by atoms with Gasteiger partial charge in [0.05, 0.1) is 6.10 Å². The fourth-order valence-electron chi connectivity index (χ4n) is 2.01. The zero-order chi connectivity index (χ0) is 10.2. The van der Waals surface area contributed by atoms with Crippen LogP contribution in [0.2, 0.25) is 0 Å². The number of ether oxygens (including phenoxy) is 1. The third-order valence-corrected chi connectivity index (χ3v) is 4.00. The van der Waals surface area contributed by atoms with E-state index in [0.717, 1.165) is 6.61 Å². The maximum absolute atomic E-state index is 5.85. The number of hydrogen-bond acceptors (Lipinski definition) is 1. The molecule has 0 N–H and O–H groups in total. The second-order valence-electron chi connectivity index (χ2n) is 4.27. The molecule has 1 saturated carbocycles. The molecule has 2 heteroatoms. The van der Waals surface area contributed by atoms with Crippen molar-refractivity contribution in [1.29, 1.82) is 0 Å². The summed E-state index contributed by atoms with van der Waals surface area (Å²) in [4.78, 5) is 0.623. The van der Waals surface area contributed by atoms with Gasteiger partial charge in [-0.25, -0.2) is 0 Å². The number of unbranched alkanes of at least 4 members (excludes halogenated alkanes) is 4. The quantitative estimate of drug-likeness (QED) is 0.492. The van der Waals surface area contributed by atoms with Crippen LogP contribution < -0.4 is 0 Å². The van der Waals surface area contributed by atoms with Crippen LogP contribution in [0.4, 0.5) is 0 Å². The number of halogens is 1. The second kappa shape index (κ2) is 7.70. The van der Waals surface area contributed by atoms with Crippen molar-refractivity contribution < 1.29 is 4.74 Å². The molecule has 0 bridgehead atoms. The zero-order valence-corrected chi connectivity index (χ0v) is 10.9. The summed E-state index contributed by atoms with van der Waals surface area (Å²) in [5, 5.41) is 0. The van der Waals surface area contributed by atoms with E-state index in [-0.39, 0.29) is 0 Å². The molecule has 1 rings (SSSR count). The fraction of sp³-hybridized carbons (Fsp3) is 1.00. The summed E-state index contributed by atoms with van der Waals surface area (Å²) in [6, 6.07) is 0. The van der Waals surface area contributed by atoms with Crippen molar-refractivity contribution in [3.8, 4) is 0 Å². The molecule has 14 heavy (non-hydrogen) atoms. The topological polar surface area (TPSA) is 9.23 Å². The molecular formula is C12H23BrO. The summed E-state index contributed by atoms with van der Waals surface area (Å²) < 4.78 is 5.85. The van der Waals surface area contributed by atoms with Crippen molar-refractivity contribution in [2.45, 2.75) is 69.2 Å². The van der Waals surface area contributed by atoms with Crippen LogP contribution in [0, 0.1) is 0 Å². The lowest BCUT2D eigenvalue weighted by atomic mass is 10.2. The molecule has 1 aliphatic carbocycles. The van der Waals surface area contributed by atoms with Gasteiger partial charge in [-0.3, -0.25) is 0 Å². The molecule has 0 amide bonds. The monoisotopic (exact) mass is 262 g/mol. The summed E-state index contributed by atoms with van der Waals surface area (Å²) in [5.41, 5.74) is 0. The molecule has 84 valence electrons. The molecule has 0 heterocycles. The Morgan fingerprint density at radius 3 is 2.57 bits per heavy atom. The van der Waals surface area contributed by atoms with E-state index in [1.807, 2.05) is 0 Å². The molecule has 1 nitrogen and oxygen atoms in total. The number of rotatable bonds is 7. The van der Waals surface area contributed by atoms with Crippen LogP contribution >= 0.6 is 15.9 Å². The van der Waals surface area contributed by atoms with Gasteiger partial charge in [-0.2, -0.15) is 0 Å². The minimum absolute atomic E-state index is 0.501. The fourth-order valence-corrected chi connectivity index (χ4v) is 2.75.